The molecule has 10 atom stereocenters. The van der Waals surface area contributed by atoms with Gasteiger partial charge in [0.1, 0.15) is 43.7 Å². The van der Waals surface area contributed by atoms with Crippen LogP contribution in [-0.2, 0) is 91.1 Å². The molecule has 3 aromatic carbocycles. The van der Waals surface area contributed by atoms with Crippen molar-refractivity contribution >= 4 is 30.0 Å². The van der Waals surface area contributed by atoms with Crippen LogP contribution in [0.5, 0.6) is 0 Å². The summed E-state index contributed by atoms with van der Waals surface area (Å²) in [6.07, 6.45) is -13.0. The number of hydrogen-bond acceptors (Lipinski definition) is 16. The molecule has 0 aromatic heterocycles. The Morgan fingerprint density at radius 3 is 1.42 bits per heavy atom. The van der Waals surface area contributed by atoms with E-state index in [0.717, 1.165) is 44.4 Å². The van der Waals surface area contributed by atoms with Gasteiger partial charge in [0.25, 0.3) is 0 Å². The van der Waals surface area contributed by atoms with Crippen LogP contribution in [0.25, 0.3) is 0 Å². The number of hydrogen-bond donors (Lipinski definition) is 1. The van der Waals surface area contributed by atoms with Gasteiger partial charge in [0.2, 0.25) is 0 Å². The van der Waals surface area contributed by atoms with Crippen LogP contribution in [0.3, 0.4) is 0 Å². The quantitative estimate of drug-likeness (QED) is 0.143. The summed E-state index contributed by atoms with van der Waals surface area (Å²) < 4.78 is 65.0. The second-order valence-corrected chi connectivity index (χ2v) is 13.9. The van der Waals surface area contributed by atoms with Crippen LogP contribution in [0, 0.1) is 0 Å². The van der Waals surface area contributed by atoms with E-state index in [4.69, 9.17) is 52.1 Å². The predicted octanol–water partition coefficient (Wildman–Crippen LogP) is 3.92. The Hall–Kier alpha value is -5.43. The second kappa shape index (κ2) is 22.8. The molecule has 0 unspecified atom stereocenters. The van der Waals surface area contributed by atoms with E-state index < -0.39 is 105 Å². The van der Waals surface area contributed by atoms with E-state index in [1.54, 1.807) is 0 Å². The van der Waals surface area contributed by atoms with Gasteiger partial charge >= 0.3 is 30.0 Å². The van der Waals surface area contributed by atoms with E-state index in [2.05, 4.69) is 5.32 Å². The van der Waals surface area contributed by atoms with Gasteiger partial charge < -0.3 is 52.1 Å². The fourth-order valence-corrected chi connectivity index (χ4v) is 6.73. The molecule has 0 spiro atoms. The average molecular weight is 838 g/mol. The van der Waals surface area contributed by atoms with Gasteiger partial charge in [-0.15, -0.1) is 0 Å². The first kappa shape index (κ1) is 45.7. The number of carbonyl (C=O) groups is 5. The molecule has 60 heavy (non-hydrogen) atoms. The van der Waals surface area contributed by atoms with Crippen LogP contribution in [-0.4, -0.2) is 112 Å². The Balaban J connectivity index is 1.40. The molecule has 0 saturated carbocycles. The zero-order valence-corrected chi connectivity index (χ0v) is 34.0. The van der Waals surface area contributed by atoms with Gasteiger partial charge in [0, 0.05) is 34.8 Å². The number of benzene rings is 3. The van der Waals surface area contributed by atoms with E-state index in [1.165, 1.54) is 7.11 Å². The van der Waals surface area contributed by atoms with Crippen LogP contribution in [0.4, 0.5) is 4.79 Å². The highest BCUT2D eigenvalue weighted by Crippen LogP contribution is 2.32. The lowest BCUT2D eigenvalue weighted by atomic mass is 9.97. The van der Waals surface area contributed by atoms with Crippen molar-refractivity contribution in [2.45, 2.75) is 109 Å². The van der Waals surface area contributed by atoms with E-state index in [-0.39, 0.29) is 19.8 Å². The maximum atomic E-state index is 13.7. The third-order valence-electron chi connectivity index (χ3n) is 9.31. The van der Waals surface area contributed by atoms with E-state index in [1.807, 2.05) is 91.0 Å². The third kappa shape index (κ3) is 13.6. The summed E-state index contributed by atoms with van der Waals surface area (Å²) in [6, 6.07) is 28.5. The molecule has 17 nitrogen and oxygen atoms in total. The normalized spacial score (nSPS) is 26.2. The molecule has 17 heteroatoms. The van der Waals surface area contributed by atoms with Crippen molar-refractivity contribution in [3.05, 3.63) is 108 Å². The second-order valence-electron chi connectivity index (χ2n) is 13.9. The minimum absolute atomic E-state index is 0.135. The Morgan fingerprint density at radius 2 is 0.933 bits per heavy atom. The number of rotatable bonds is 18. The lowest BCUT2D eigenvalue weighted by Crippen LogP contribution is -2.66. The van der Waals surface area contributed by atoms with Gasteiger partial charge in [0.15, 0.2) is 30.8 Å². The SMILES string of the molecule is CO[C@H]1O[C@H](COC(=O)N[C@@H]2O[C@H](COC(C)=O)[C@@H](OC(C)=O)[C@H](OC(C)=O)[C@H]2OC(C)=O)[C@@H](OCc2ccccc2)[C@H](OCc2ccccc2)[C@H]1OCc1ccccc1. The molecule has 1 amide bonds. The molecule has 2 aliphatic rings. The topological polar surface area (TPSA) is 199 Å². The molecule has 3 aromatic rings. The molecule has 5 rings (SSSR count). The highest BCUT2D eigenvalue weighted by Gasteiger charge is 2.53. The van der Waals surface area contributed by atoms with Crippen molar-refractivity contribution in [1.29, 1.82) is 0 Å². The monoisotopic (exact) mass is 837 g/mol. The molecule has 0 bridgehead atoms. The molecule has 2 saturated heterocycles. The number of amides is 1. The Morgan fingerprint density at radius 1 is 0.500 bits per heavy atom. The van der Waals surface area contributed by atoms with Crippen molar-refractivity contribution < 1.29 is 76.1 Å². The van der Waals surface area contributed by atoms with Crippen molar-refractivity contribution in [3.63, 3.8) is 0 Å². The summed E-state index contributed by atoms with van der Waals surface area (Å²) in [5, 5.41) is 2.50. The fourth-order valence-electron chi connectivity index (χ4n) is 6.73. The zero-order chi connectivity index (χ0) is 43.0. The minimum Gasteiger partial charge on any atom is -0.463 e. The minimum atomic E-state index is -1.57. The molecule has 324 valence electrons. The zero-order valence-electron chi connectivity index (χ0n) is 34.0. The molecule has 0 radical (unpaired) electrons. The van der Waals surface area contributed by atoms with Gasteiger partial charge in [-0.1, -0.05) is 91.0 Å². The van der Waals surface area contributed by atoms with Gasteiger partial charge in [-0.05, 0) is 16.7 Å². The van der Waals surface area contributed by atoms with Gasteiger partial charge in [-0.3, -0.25) is 24.5 Å². The van der Waals surface area contributed by atoms with E-state index in [0.29, 0.717) is 0 Å². The van der Waals surface area contributed by atoms with Crippen LogP contribution in [0.2, 0.25) is 0 Å². The van der Waals surface area contributed by atoms with Crippen molar-refractivity contribution in [2.75, 3.05) is 20.3 Å². The number of esters is 4. The fraction of sp³-hybridized carbons (Fsp3) is 0.465. The van der Waals surface area contributed by atoms with Crippen molar-refractivity contribution in [2.24, 2.45) is 0 Å². The summed E-state index contributed by atoms with van der Waals surface area (Å²) in [5.41, 5.74) is 2.65. The summed E-state index contributed by atoms with van der Waals surface area (Å²) >= 11 is 0. The molecule has 0 aliphatic carbocycles. The van der Waals surface area contributed by atoms with Gasteiger partial charge in [0.05, 0.1) is 19.8 Å². The van der Waals surface area contributed by atoms with Crippen molar-refractivity contribution in [3.8, 4) is 0 Å². The number of carbonyl (C=O) groups excluding carboxylic acids is 5. The van der Waals surface area contributed by atoms with Gasteiger partial charge in [-0.2, -0.15) is 0 Å². The Kier molecular flexibility index (Phi) is 17.4. The molecule has 2 heterocycles. The van der Waals surface area contributed by atoms with Crippen molar-refractivity contribution in [1.82, 2.24) is 5.32 Å². The first-order valence-corrected chi connectivity index (χ1v) is 19.3. The van der Waals surface area contributed by atoms with Crippen LogP contribution in [0.15, 0.2) is 91.0 Å². The molecular weight excluding hydrogens is 786 g/mol. The number of nitrogens with one attached hydrogen (secondary N) is 1. The highest BCUT2D eigenvalue weighted by molar-refractivity contribution is 5.70. The maximum Gasteiger partial charge on any atom is 0.409 e. The third-order valence-corrected chi connectivity index (χ3v) is 9.31. The van der Waals surface area contributed by atoms with Gasteiger partial charge in [-0.25, -0.2) is 4.79 Å². The summed E-state index contributed by atoms with van der Waals surface area (Å²) in [6.45, 7) is 4.02. The number of ether oxygens (including phenoxy) is 11. The lowest BCUT2D eigenvalue weighted by Gasteiger charge is -2.45. The summed E-state index contributed by atoms with van der Waals surface area (Å²) in [7, 11) is 1.46. The average Bonchev–Trinajstić information content (AvgIpc) is 3.22. The maximum absolute atomic E-state index is 13.7. The predicted molar refractivity (Wildman–Crippen MR) is 207 cm³/mol. The van der Waals surface area contributed by atoms with Crippen LogP contribution in [0.1, 0.15) is 44.4 Å². The molecule has 2 aliphatic heterocycles. The first-order chi connectivity index (χ1) is 28.9. The molecule has 2 fully saturated rings. The standard InChI is InChI=1S/C43H51NO16/c1-26(45)51-24-34-36(56-27(2)46)38(57-28(3)47)39(58-29(4)48)41(59-34)44-43(49)55-25-33-35(52-21-30-15-9-6-10-16-30)37(53-22-31-17-11-7-12-18-31)40(42(50-5)60-33)54-23-32-19-13-8-14-20-32/h6-20,33-42H,21-25H2,1-5H3,(H,44,49)/t33-,34-,35-,36-,37+,38+,39-,40-,41-,42+/m1/s1. The Bertz CT molecular complexity index is 1830. The van der Waals surface area contributed by atoms with Crippen LogP contribution >= 0.6 is 0 Å². The summed E-state index contributed by atoms with van der Waals surface area (Å²) in [5.74, 6) is -3.17. The Labute approximate surface area is 347 Å². The molecular formula is C43H51NO16. The summed E-state index contributed by atoms with van der Waals surface area (Å²) in [4.78, 5) is 62.2. The van der Waals surface area contributed by atoms with Crippen LogP contribution < -0.4 is 5.32 Å². The van der Waals surface area contributed by atoms with E-state index in [9.17, 15) is 24.0 Å². The van der Waals surface area contributed by atoms with E-state index >= 15 is 0 Å². The highest BCUT2D eigenvalue weighted by atomic mass is 16.7. The largest absolute Gasteiger partial charge is 0.463 e. The number of alkyl carbamates (subject to hydrolysis) is 1. The lowest BCUT2D eigenvalue weighted by molar-refractivity contribution is -0.321. The molecule has 1 N–H and O–H groups in total. The smallest absolute Gasteiger partial charge is 0.409 e. The number of methoxy groups -OCH3 is 1. The first-order valence-electron chi connectivity index (χ1n) is 19.3.